The standard InChI is InChI=1S/C20H24ClNO2/c1-5-18(24-19-9-7-6-8-17(19)21)20(23)22-15(4)16-11-10-13(2)14(3)12-16/h6-12,15,18H,5H2,1-4H3,(H,22,23)/t15-,18-/m0/s1. The van der Waals surface area contributed by atoms with E-state index in [1.165, 1.54) is 11.1 Å². The first-order valence-electron chi connectivity index (χ1n) is 8.21. The van der Waals surface area contributed by atoms with Crippen molar-refractivity contribution in [2.45, 2.75) is 46.3 Å². The van der Waals surface area contributed by atoms with Gasteiger partial charge in [-0.05, 0) is 56.0 Å². The summed E-state index contributed by atoms with van der Waals surface area (Å²) in [6.07, 6.45) is -0.00429. The Morgan fingerprint density at radius 2 is 1.88 bits per heavy atom. The van der Waals surface area contributed by atoms with Crippen LogP contribution in [0.1, 0.15) is 43.0 Å². The van der Waals surface area contributed by atoms with Gasteiger partial charge < -0.3 is 10.1 Å². The summed E-state index contributed by atoms with van der Waals surface area (Å²) in [5, 5.41) is 3.53. The van der Waals surface area contributed by atoms with E-state index in [2.05, 4.69) is 31.3 Å². The Kier molecular flexibility index (Phi) is 6.27. The number of rotatable bonds is 6. The summed E-state index contributed by atoms with van der Waals surface area (Å²) >= 11 is 6.11. The number of benzene rings is 2. The van der Waals surface area contributed by atoms with E-state index < -0.39 is 6.10 Å². The molecule has 2 aromatic rings. The maximum Gasteiger partial charge on any atom is 0.261 e. The van der Waals surface area contributed by atoms with Crippen molar-refractivity contribution in [3.8, 4) is 5.75 Å². The van der Waals surface area contributed by atoms with E-state index in [-0.39, 0.29) is 11.9 Å². The van der Waals surface area contributed by atoms with E-state index in [0.717, 1.165) is 5.56 Å². The molecule has 0 saturated heterocycles. The highest BCUT2D eigenvalue weighted by atomic mass is 35.5. The number of para-hydroxylation sites is 1. The van der Waals surface area contributed by atoms with Crippen LogP contribution in [0.3, 0.4) is 0 Å². The molecule has 128 valence electrons. The predicted molar refractivity (Wildman–Crippen MR) is 98.6 cm³/mol. The minimum atomic E-state index is -0.570. The Labute approximate surface area is 149 Å². The van der Waals surface area contributed by atoms with Gasteiger partial charge in [0, 0.05) is 0 Å². The molecular formula is C20H24ClNO2. The van der Waals surface area contributed by atoms with Crippen LogP contribution in [0.5, 0.6) is 5.75 Å². The number of carbonyl (C=O) groups excluding carboxylic acids is 1. The van der Waals surface area contributed by atoms with Gasteiger partial charge in [0.15, 0.2) is 6.10 Å². The summed E-state index contributed by atoms with van der Waals surface area (Å²) in [6, 6.07) is 13.3. The van der Waals surface area contributed by atoms with Gasteiger partial charge in [0.05, 0.1) is 11.1 Å². The summed E-state index contributed by atoms with van der Waals surface area (Å²) < 4.78 is 5.79. The van der Waals surface area contributed by atoms with Crippen molar-refractivity contribution < 1.29 is 9.53 Å². The quantitative estimate of drug-likeness (QED) is 0.800. The minimum absolute atomic E-state index is 0.0827. The predicted octanol–water partition coefficient (Wildman–Crippen LogP) is 4.99. The van der Waals surface area contributed by atoms with Gasteiger partial charge in [-0.3, -0.25) is 4.79 Å². The van der Waals surface area contributed by atoms with Crippen LogP contribution in [-0.4, -0.2) is 12.0 Å². The zero-order valence-corrected chi connectivity index (χ0v) is 15.4. The number of halogens is 1. The van der Waals surface area contributed by atoms with E-state index in [4.69, 9.17) is 16.3 Å². The van der Waals surface area contributed by atoms with Crippen LogP contribution in [0, 0.1) is 13.8 Å². The molecule has 0 aliphatic rings. The van der Waals surface area contributed by atoms with Crippen LogP contribution < -0.4 is 10.1 Å². The maximum absolute atomic E-state index is 12.5. The molecule has 0 spiro atoms. The van der Waals surface area contributed by atoms with Crippen LogP contribution >= 0.6 is 11.6 Å². The van der Waals surface area contributed by atoms with Crippen molar-refractivity contribution in [1.29, 1.82) is 0 Å². The van der Waals surface area contributed by atoms with E-state index in [1.54, 1.807) is 12.1 Å². The summed E-state index contributed by atoms with van der Waals surface area (Å²) in [7, 11) is 0. The van der Waals surface area contributed by atoms with Gasteiger partial charge in [0.2, 0.25) is 0 Å². The van der Waals surface area contributed by atoms with Gasteiger partial charge in [-0.15, -0.1) is 0 Å². The number of hydrogen-bond donors (Lipinski definition) is 1. The second-order valence-electron chi connectivity index (χ2n) is 6.02. The number of amides is 1. The molecule has 0 bridgehead atoms. The largest absolute Gasteiger partial charge is 0.479 e. The highest BCUT2D eigenvalue weighted by Gasteiger charge is 2.21. The molecule has 0 aliphatic heterocycles. The van der Waals surface area contributed by atoms with Crippen molar-refractivity contribution in [3.05, 3.63) is 64.2 Å². The lowest BCUT2D eigenvalue weighted by atomic mass is 10.0. The van der Waals surface area contributed by atoms with E-state index in [1.807, 2.05) is 32.0 Å². The van der Waals surface area contributed by atoms with Crippen molar-refractivity contribution in [1.82, 2.24) is 5.32 Å². The molecule has 2 aromatic carbocycles. The van der Waals surface area contributed by atoms with Crippen LogP contribution in [0.4, 0.5) is 0 Å². The summed E-state index contributed by atoms with van der Waals surface area (Å²) in [5.41, 5.74) is 3.54. The third-order valence-corrected chi connectivity index (χ3v) is 4.47. The Morgan fingerprint density at radius 3 is 2.50 bits per heavy atom. The molecule has 0 fully saturated rings. The van der Waals surface area contributed by atoms with Gasteiger partial charge in [-0.1, -0.05) is 48.9 Å². The number of aryl methyl sites for hydroxylation is 2. The van der Waals surface area contributed by atoms with E-state index in [9.17, 15) is 4.79 Å². The molecular weight excluding hydrogens is 322 g/mol. The molecule has 0 radical (unpaired) electrons. The fraction of sp³-hybridized carbons (Fsp3) is 0.350. The molecule has 0 saturated carbocycles. The molecule has 0 unspecified atom stereocenters. The molecule has 2 rings (SSSR count). The molecule has 2 atom stereocenters. The molecule has 4 heteroatoms. The zero-order chi connectivity index (χ0) is 17.7. The number of ether oxygens (including phenoxy) is 1. The first-order chi connectivity index (χ1) is 11.4. The molecule has 0 aromatic heterocycles. The fourth-order valence-corrected chi connectivity index (χ4v) is 2.62. The van der Waals surface area contributed by atoms with Crippen molar-refractivity contribution in [3.63, 3.8) is 0 Å². The number of nitrogens with one attached hydrogen (secondary N) is 1. The van der Waals surface area contributed by atoms with Crippen LogP contribution in [-0.2, 0) is 4.79 Å². The third-order valence-electron chi connectivity index (χ3n) is 4.16. The highest BCUT2D eigenvalue weighted by molar-refractivity contribution is 6.32. The monoisotopic (exact) mass is 345 g/mol. The van der Waals surface area contributed by atoms with Crippen molar-refractivity contribution >= 4 is 17.5 Å². The van der Waals surface area contributed by atoms with Gasteiger partial charge in [-0.25, -0.2) is 0 Å². The molecule has 1 N–H and O–H groups in total. The normalized spacial score (nSPS) is 13.2. The Bertz CT molecular complexity index is 715. The Morgan fingerprint density at radius 1 is 1.17 bits per heavy atom. The second-order valence-corrected chi connectivity index (χ2v) is 6.43. The lowest BCUT2D eigenvalue weighted by Gasteiger charge is -2.21. The summed E-state index contributed by atoms with van der Waals surface area (Å²) in [4.78, 5) is 12.5. The zero-order valence-electron chi connectivity index (χ0n) is 14.6. The van der Waals surface area contributed by atoms with E-state index >= 15 is 0 Å². The van der Waals surface area contributed by atoms with Crippen LogP contribution in [0.15, 0.2) is 42.5 Å². The molecule has 0 heterocycles. The van der Waals surface area contributed by atoms with Gasteiger partial charge >= 0.3 is 0 Å². The maximum atomic E-state index is 12.5. The second kappa shape index (κ2) is 8.20. The van der Waals surface area contributed by atoms with Gasteiger partial charge in [-0.2, -0.15) is 0 Å². The highest BCUT2D eigenvalue weighted by Crippen LogP contribution is 2.25. The molecule has 3 nitrogen and oxygen atoms in total. The lowest BCUT2D eigenvalue weighted by Crippen LogP contribution is -2.39. The molecule has 24 heavy (non-hydrogen) atoms. The first-order valence-corrected chi connectivity index (χ1v) is 8.59. The molecule has 0 aliphatic carbocycles. The van der Waals surface area contributed by atoms with Crippen LogP contribution in [0.25, 0.3) is 0 Å². The van der Waals surface area contributed by atoms with Gasteiger partial charge in [0.1, 0.15) is 5.75 Å². The van der Waals surface area contributed by atoms with Crippen molar-refractivity contribution in [2.75, 3.05) is 0 Å². The van der Waals surface area contributed by atoms with Crippen molar-refractivity contribution in [2.24, 2.45) is 0 Å². The smallest absolute Gasteiger partial charge is 0.261 e. The summed E-state index contributed by atoms with van der Waals surface area (Å²) in [6.45, 7) is 8.04. The minimum Gasteiger partial charge on any atom is -0.479 e. The fourth-order valence-electron chi connectivity index (χ4n) is 2.44. The van der Waals surface area contributed by atoms with E-state index in [0.29, 0.717) is 17.2 Å². The Hall–Kier alpha value is -2.00. The Balaban J connectivity index is 2.05. The number of hydrogen-bond acceptors (Lipinski definition) is 2. The average Bonchev–Trinajstić information content (AvgIpc) is 2.56. The first kappa shape index (κ1) is 18.3. The lowest BCUT2D eigenvalue weighted by molar-refractivity contribution is -0.128. The molecule has 1 amide bonds. The third kappa shape index (κ3) is 4.51. The topological polar surface area (TPSA) is 38.3 Å². The van der Waals surface area contributed by atoms with Crippen LogP contribution in [0.2, 0.25) is 5.02 Å². The summed E-state index contributed by atoms with van der Waals surface area (Å²) in [5.74, 6) is 0.392. The number of carbonyl (C=O) groups is 1. The SMILES string of the molecule is CC[C@H](Oc1ccccc1Cl)C(=O)N[C@@H](C)c1ccc(C)c(C)c1. The van der Waals surface area contributed by atoms with Gasteiger partial charge in [0.25, 0.3) is 5.91 Å². The average molecular weight is 346 g/mol.